The van der Waals surface area contributed by atoms with Crippen LogP contribution < -0.4 is 0 Å². The van der Waals surface area contributed by atoms with E-state index in [2.05, 4.69) is 4.98 Å². The molecule has 5 heteroatoms. The van der Waals surface area contributed by atoms with Crippen LogP contribution in [0.5, 0.6) is 5.06 Å². The lowest BCUT2D eigenvalue weighted by Crippen LogP contribution is -1.77. The Labute approximate surface area is 53.8 Å². The Morgan fingerprint density at radius 1 is 1.67 bits per heavy atom. The van der Waals surface area contributed by atoms with Gasteiger partial charge >= 0.3 is 0 Å². The fraction of sp³-hybridized carbons (Fsp3) is 0.250. The van der Waals surface area contributed by atoms with Crippen LogP contribution in [0.15, 0.2) is 6.20 Å². The van der Waals surface area contributed by atoms with E-state index in [0.717, 1.165) is 6.20 Å². The van der Waals surface area contributed by atoms with Crippen LogP contribution in [0.4, 0.5) is 8.78 Å². The number of aromatic hydroxyl groups is 1. The Balaban J connectivity index is 2.85. The predicted octanol–water partition coefficient (Wildman–Crippen LogP) is 1.79. The first-order chi connectivity index (χ1) is 4.20. The molecule has 1 heterocycles. The van der Waals surface area contributed by atoms with E-state index >= 15 is 0 Å². The molecule has 0 aliphatic carbocycles. The molecule has 0 fully saturated rings. The second-order valence-corrected chi connectivity index (χ2v) is 2.38. The van der Waals surface area contributed by atoms with Crippen molar-refractivity contribution in [1.82, 2.24) is 4.98 Å². The van der Waals surface area contributed by atoms with E-state index in [9.17, 15) is 8.78 Å². The zero-order chi connectivity index (χ0) is 6.85. The molecule has 0 saturated heterocycles. The first-order valence-electron chi connectivity index (χ1n) is 2.13. The standard InChI is InChI=1S/C4H3F2NOS/c5-3(6)4-7-1-2(8)9-4/h1,3,8H. The van der Waals surface area contributed by atoms with E-state index in [1.165, 1.54) is 0 Å². The monoisotopic (exact) mass is 151 g/mol. The number of alkyl halides is 2. The number of thiazole rings is 1. The van der Waals surface area contributed by atoms with Gasteiger partial charge in [-0.3, -0.25) is 0 Å². The zero-order valence-corrected chi connectivity index (χ0v) is 5.03. The van der Waals surface area contributed by atoms with Gasteiger partial charge in [-0.25, -0.2) is 13.8 Å². The SMILES string of the molecule is Oc1cnc(C(F)F)s1. The van der Waals surface area contributed by atoms with Crippen LogP contribution in [-0.4, -0.2) is 10.1 Å². The summed E-state index contributed by atoms with van der Waals surface area (Å²) in [5, 5.41) is 8.01. The molecule has 2 nitrogen and oxygen atoms in total. The van der Waals surface area contributed by atoms with E-state index in [1.54, 1.807) is 0 Å². The minimum absolute atomic E-state index is 0.176. The fourth-order valence-corrected chi connectivity index (χ4v) is 0.894. The maximum atomic E-state index is 11.6. The lowest BCUT2D eigenvalue weighted by atomic mass is 10.7. The third-order valence-electron chi connectivity index (χ3n) is 0.698. The zero-order valence-electron chi connectivity index (χ0n) is 4.21. The Hall–Kier alpha value is -0.710. The van der Waals surface area contributed by atoms with E-state index in [-0.39, 0.29) is 10.1 Å². The van der Waals surface area contributed by atoms with Gasteiger partial charge in [0.1, 0.15) is 0 Å². The van der Waals surface area contributed by atoms with Crippen molar-refractivity contribution in [2.45, 2.75) is 6.43 Å². The molecule has 0 atom stereocenters. The van der Waals surface area contributed by atoms with Gasteiger partial charge in [0.15, 0.2) is 10.1 Å². The summed E-state index contributed by atoms with van der Waals surface area (Å²) in [6.07, 6.45) is -1.57. The third kappa shape index (κ3) is 1.35. The summed E-state index contributed by atoms with van der Waals surface area (Å²) >= 11 is 0.590. The molecule has 0 saturated carbocycles. The van der Waals surface area contributed by atoms with Crippen LogP contribution >= 0.6 is 11.3 Å². The molecule has 9 heavy (non-hydrogen) atoms. The van der Waals surface area contributed by atoms with E-state index in [0.29, 0.717) is 11.3 Å². The van der Waals surface area contributed by atoms with Crippen molar-refractivity contribution in [1.29, 1.82) is 0 Å². The summed E-state index contributed by atoms with van der Waals surface area (Å²) in [6, 6.07) is 0. The average molecular weight is 151 g/mol. The highest BCUT2D eigenvalue weighted by molar-refractivity contribution is 7.13. The number of rotatable bonds is 1. The van der Waals surface area contributed by atoms with Gasteiger partial charge in [-0.15, -0.1) is 0 Å². The quantitative estimate of drug-likeness (QED) is 0.663. The van der Waals surface area contributed by atoms with Crippen molar-refractivity contribution in [3.8, 4) is 5.06 Å². The van der Waals surface area contributed by atoms with Crippen LogP contribution in [0.2, 0.25) is 0 Å². The van der Waals surface area contributed by atoms with E-state index in [1.807, 2.05) is 0 Å². The molecule has 1 N–H and O–H groups in total. The molecule has 0 amide bonds. The van der Waals surface area contributed by atoms with Crippen molar-refractivity contribution in [2.75, 3.05) is 0 Å². The van der Waals surface area contributed by atoms with Crippen LogP contribution in [-0.2, 0) is 0 Å². The van der Waals surface area contributed by atoms with E-state index in [4.69, 9.17) is 5.11 Å². The number of hydrogen-bond donors (Lipinski definition) is 1. The van der Waals surface area contributed by atoms with Gasteiger partial charge in [-0.2, -0.15) is 0 Å². The second-order valence-electron chi connectivity index (χ2n) is 1.34. The molecule has 0 bridgehead atoms. The maximum absolute atomic E-state index is 11.6. The lowest BCUT2D eigenvalue weighted by molar-refractivity contribution is 0.151. The molecular weight excluding hydrogens is 148 g/mol. The van der Waals surface area contributed by atoms with Gasteiger partial charge in [0.25, 0.3) is 6.43 Å². The summed E-state index contributed by atoms with van der Waals surface area (Å²) in [7, 11) is 0. The topological polar surface area (TPSA) is 33.1 Å². The molecule has 0 radical (unpaired) electrons. The van der Waals surface area contributed by atoms with Gasteiger partial charge in [0.05, 0.1) is 6.20 Å². The molecule has 50 valence electrons. The smallest absolute Gasteiger partial charge is 0.289 e. The molecule has 0 aliphatic rings. The third-order valence-corrected chi connectivity index (χ3v) is 1.51. The Kier molecular flexibility index (Phi) is 1.61. The fourth-order valence-electron chi connectivity index (χ4n) is 0.380. The summed E-state index contributed by atoms with van der Waals surface area (Å²) in [5.74, 6) is 0. The highest BCUT2D eigenvalue weighted by atomic mass is 32.1. The molecule has 0 unspecified atom stereocenters. The van der Waals surface area contributed by atoms with Gasteiger partial charge in [-0.1, -0.05) is 11.3 Å². The van der Waals surface area contributed by atoms with Crippen molar-refractivity contribution in [2.24, 2.45) is 0 Å². The van der Waals surface area contributed by atoms with Gasteiger partial charge in [0, 0.05) is 0 Å². The molecule has 1 aromatic heterocycles. The maximum Gasteiger partial charge on any atom is 0.289 e. The molecule has 1 rings (SSSR count). The summed E-state index contributed by atoms with van der Waals surface area (Å²) in [4.78, 5) is 3.23. The second kappa shape index (κ2) is 2.26. The molecule has 1 aromatic rings. The summed E-state index contributed by atoms with van der Waals surface area (Å²) in [5.41, 5.74) is 0. The van der Waals surface area contributed by atoms with Crippen LogP contribution in [0, 0.1) is 0 Å². The van der Waals surface area contributed by atoms with Crippen LogP contribution in [0.25, 0.3) is 0 Å². The van der Waals surface area contributed by atoms with Gasteiger partial charge < -0.3 is 5.11 Å². The first-order valence-corrected chi connectivity index (χ1v) is 2.94. The molecule has 0 aliphatic heterocycles. The number of halogens is 2. The van der Waals surface area contributed by atoms with Crippen LogP contribution in [0.3, 0.4) is 0 Å². The van der Waals surface area contributed by atoms with E-state index < -0.39 is 6.43 Å². The van der Waals surface area contributed by atoms with Crippen molar-refractivity contribution < 1.29 is 13.9 Å². The number of nitrogens with zero attached hydrogens (tertiary/aromatic N) is 1. The minimum atomic E-state index is -2.57. The van der Waals surface area contributed by atoms with Gasteiger partial charge in [-0.05, 0) is 0 Å². The Morgan fingerprint density at radius 2 is 2.33 bits per heavy atom. The molecule has 0 spiro atoms. The normalized spacial score (nSPS) is 10.6. The summed E-state index contributed by atoms with van der Waals surface area (Å²) in [6.45, 7) is 0. The average Bonchev–Trinajstić information content (AvgIpc) is 2.14. The highest BCUT2D eigenvalue weighted by Crippen LogP contribution is 2.27. The van der Waals surface area contributed by atoms with Crippen molar-refractivity contribution >= 4 is 11.3 Å². The first kappa shape index (κ1) is 6.41. The Bertz CT molecular complexity index is 200. The molecule has 0 aromatic carbocycles. The predicted molar refractivity (Wildman–Crippen MR) is 28.7 cm³/mol. The van der Waals surface area contributed by atoms with Gasteiger partial charge in [0.2, 0.25) is 0 Å². The van der Waals surface area contributed by atoms with Crippen LogP contribution in [0.1, 0.15) is 11.4 Å². The Morgan fingerprint density at radius 3 is 2.56 bits per heavy atom. The largest absolute Gasteiger partial charge is 0.498 e. The van der Waals surface area contributed by atoms with Crippen molar-refractivity contribution in [3.05, 3.63) is 11.2 Å². The highest BCUT2D eigenvalue weighted by Gasteiger charge is 2.10. The molecular formula is C4H3F2NOS. The van der Waals surface area contributed by atoms with Crippen molar-refractivity contribution in [3.63, 3.8) is 0 Å². The number of aromatic nitrogens is 1. The number of hydrogen-bond acceptors (Lipinski definition) is 3. The minimum Gasteiger partial charge on any atom is -0.498 e. The summed E-state index contributed by atoms with van der Waals surface area (Å²) < 4.78 is 23.2. The lowest BCUT2D eigenvalue weighted by Gasteiger charge is -1.85.